The van der Waals surface area contributed by atoms with Gasteiger partial charge >= 0.3 is 13.8 Å². The van der Waals surface area contributed by atoms with E-state index >= 15 is 0 Å². The molecule has 0 aliphatic heterocycles. The van der Waals surface area contributed by atoms with Gasteiger partial charge in [-0.1, -0.05) is 29.4 Å². The highest BCUT2D eigenvalue weighted by Gasteiger charge is 2.27. The highest BCUT2D eigenvalue weighted by Crippen LogP contribution is 2.44. The van der Waals surface area contributed by atoms with Crippen molar-refractivity contribution in [2.75, 3.05) is 6.61 Å². The lowest BCUT2D eigenvalue weighted by Gasteiger charge is -2.13. The van der Waals surface area contributed by atoms with Gasteiger partial charge in [-0.2, -0.15) is 0 Å². The standard InChI is InChI=1S/C8H14BrO5P/c1-4-7(9)5-13-15(11,12)14-8(10)6(2)3/h7H,2,4-5H2,1,3H3,(H,11,12). The Hall–Kier alpha value is -0.160. The first kappa shape index (κ1) is 14.8. The largest absolute Gasteiger partial charge is 0.529 e. The fourth-order valence-corrected chi connectivity index (χ4v) is 1.62. The van der Waals surface area contributed by atoms with Gasteiger partial charge in [0.05, 0.1) is 6.61 Å². The van der Waals surface area contributed by atoms with E-state index in [4.69, 9.17) is 4.89 Å². The molecule has 0 aliphatic rings. The predicted molar refractivity (Wildman–Crippen MR) is 59.7 cm³/mol. The maximum Gasteiger partial charge on any atom is 0.529 e. The molecule has 0 heterocycles. The van der Waals surface area contributed by atoms with Crippen LogP contribution in [0.15, 0.2) is 12.2 Å². The first-order valence-electron chi connectivity index (χ1n) is 4.29. The summed E-state index contributed by atoms with van der Waals surface area (Å²) in [5.74, 6) is -0.941. The van der Waals surface area contributed by atoms with E-state index in [0.717, 1.165) is 6.42 Å². The molecule has 2 atom stereocenters. The average molecular weight is 301 g/mol. The molecule has 0 amide bonds. The van der Waals surface area contributed by atoms with Crippen molar-refractivity contribution in [1.82, 2.24) is 0 Å². The van der Waals surface area contributed by atoms with Crippen molar-refractivity contribution in [3.8, 4) is 0 Å². The Morgan fingerprint density at radius 1 is 1.67 bits per heavy atom. The third kappa shape index (κ3) is 6.84. The second-order valence-corrected chi connectivity index (χ2v) is 5.60. The zero-order valence-electron chi connectivity index (χ0n) is 8.60. The fraction of sp³-hybridized carbons (Fsp3) is 0.625. The molecule has 0 radical (unpaired) electrons. The summed E-state index contributed by atoms with van der Waals surface area (Å²) < 4.78 is 20.0. The fourth-order valence-electron chi connectivity index (χ4n) is 0.502. The Balaban J connectivity index is 4.14. The molecule has 15 heavy (non-hydrogen) atoms. The summed E-state index contributed by atoms with van der Waals surface area (Å²) in [7, 11) is -4.31. The van der Waals surface area contributed by atoms with Gasteiger partial charge in [0.15, 0.2) is 0 Å². The summed E-state index contributed by atoms with van der Waals surface area (Å²) in [6.07, 6.45) is 0.731. The van der Waals surface area contributed by atoms with Crippen molar-refractivity contribution >= 4 is 29.7 Å². The molecule has 1 N–H and O–H groups in total. The molecule has 0 aromatic rings. The van der Waals surface area contributed by atoms with Crippen LogP contribution in [0.4, 0.5) is 0 Å². The second kappa shape index (κ2) is 6.43. The summed E-state index contributed by atoms with van der Waals surface area (Å²) >= 11 is 3.21. The number of alkyl halides is 1. The molecule has 5 nitrogen and oxygen atoms in total. The third-order valence-corrected chi connectivity index (χ3v) is 3.19. The number of phosphoric ester groups is 1. The van der Waals surface area contributed by atoms with E-state index in [-0.39, 0.29) is 17.0 Å². The van der Waals surface area contributed by atoms with E-state index < -0.39 is 13.8 Å². The van der Waals surface area contributed by atoms with Crippen molar-refractivity contribution in [2.24, 2.45) is 0 Å². The highest BCUT2D eigenvalue weighted by molar-refractivity contribution is 9.09. The average Bonchev–Trinajstić information content (AvgIpc) is 2.13. The molecule has 0 fully saturated rings. The molecule has 0 aromatic heterocycles. The summed E-state index contributed by atoms with van der Waals surface area (Å²) in [4.78, 5) is 20.0. The molecule has 7 heteroatoms. The van der Waals surface area contributed by atoms with Gasteiger partial charge in [0.25, 0.3) is 0 Å². The van der Waals surface area contributed by atoms with E-state index in [9.17, 15) is 9.36 Å². The van der Waals surface area contributed by atoms with Crippen LogP contribution < -0.4 is 0 Å². The molecule has 88 valence electrons. The van der Waals surface area contributed by atoms with E-state index in [1.807, 2.05) is 6.92 Å². The topological polar surface area (TPSA) is 72.8 Å². The lowest BCUT2D eigenvalue weighted by molar-refractivity contribution is -0.131. The van der Waals surface area contributed by atoms with Gasteiger partial charge in [0.2, 0.25) is 0 Å². The van der Waals surface area contributed by atoms with Crippen LogP contribution >= 0.6 is 23.8 Å². The minimum absolute atomic E-state index is 0.00620. The Kier molecular flexibility index (Phi) is 6.36. The smallest absolute Gasteiger partial charge is 0.367 e. The molecular weight excluding hydrogens is 287 g/mol. The van der Waals surface area contributed by atoms with Crippen LogP contribution in [0, 0.1) is 0 Å². The second-order valence-electron chi connectivity index (χ2n) is 2.93. The minimum Gasteiger partial charge on any atom is -0.367 e. The minimum atomic E-state index is -4.31. The summed E-state index contributed by atoms with van der Waals surface area (Å²) in [6.45, 7) is 6.53. The molecule has 0 saturated heterocycles. The van der Waals surface area contributed by atoms with Gasteiger partial charge in [-0.15, -0.1) is 0 Å². The Morgan fingerprint density at radius 2 is 2.20 bits per heavy atom. The molecule has 0 spiro atoms. The lowest BCUT2D eigenvalue weighted by atomic mass is 10.4. The summed E-state index contributed by atoms with van der Waals surface area (Å²) in [6, 6.07) is 0. The van der Waals surface area contributed by atoms with Crippen LogP contribution in [0.25, 0.3) is 0 Å². The third-order valence-electron chi connectivity index (χ3n) is 1.41. The van der Waals surface area contributed by atoms with Crippen LogP contribution in [0.2, 0.25) is 0 Å². The number of hydrogen-bond donors (Lipinski definition) is 1. The molecule has 0 bridgehead atoms. The van der Waals surface area contributed by atoms with E-state index in [1.54, 1.807) is 0 Å². The maximum atomic E-state index is 11.2. The zero-order chi connectivity index (χ0) is 12.1. The predicted octanol–water partition coefficient (Wildman–Crippen LogP) is 2.40. The molecule has 0 aliphatic carbocycles. The number of halogens is 1. The van der Waals surface area contributed by atoms with Gasteiger partial charge in [0, 0.05) is 10.4 Å². The number of hydrogen-bond acceptors (Lipinski definition) is 4. The lowest BCUT2D eigenvalue weighted by Crippen LogP contribution is -2.10. The number of carbonyl (C=O) groups is 1. The van der Waals surface area contributed by atoms with Crippen molar-refractivity contribution < 1.29 is 23.3 Å². The molecule has 0 rings (SSSR count). The number of phosphoric acid groups is 1. The first-order chi connectivity index (χ1) is 6.78. The highest BCUT2D eigenvalue weighted by atomic mass is 79.9. The van der Waals surface area contributed by atoms with Gasteiger partial charge in [-0.25, -0.2) is 9.36 Å². The SMILES string of the molecule is C=C(C)C(=O)OP(=O)(O)OCC(Br)CC. The van der Waals surface area contributed by atoms with Crippen molar-refractivity contribution in [3.05, 3.63) is 12.2 Å². The molecule has 0 saturated carbocycles. The normalized spacial score (nSPS) is 16.5. The summed E-state index contributed by atoms with van der Waals surface area (Å²) in [5, 5.41) is 0. The monoisotopic (exact) mass is 300 g/mol. The van der Waals surface area contributed by atoms with E-state index in [2.05, 4.69) is 31.6 Å². The quantitative estimate of drug-likeness (QED) is 0.463. The zero-order valence-corrected chi connectivity index (χ0v) is 11.1. The van der Waals surface area contributed by atoms with Crippen LogP contribution in [-0.2, 0) is 18.4 Å². The van der Waals surface area contributed by atoms with Gasteiger partial charge in [0.1, 0.15) is 0 Å². The van der Waals surface area contributed by atoms with Crippen molar-refractivity contribution in [1.29, 1.82) is 0 Å². The Labute approximate surface area is 97.2 Å². The van der Waals surface area contributed by atoms with Crippen molar-refractivity contribution in [2.45, 2.75) is 25.1 Å². The van der Waals surface area contributed by atoms with Gasteiger partial charge in [-0.05, 0) is 13.3 Å². The molecular formula is C8H14BrO5P. The van der Waals surface area contributed by atoms with Crippen LogP contribution in [0.1, 0.15) is 20.3 Å². The van der Waals surface area contributed by atoms with Crippen molar-refractivity contribution in [3.63, 3.8) is 0 Å². The Bertz CT molecular complexity index is 291. The number of rotatable bonds is 6. The number of carbonyl (C=O) groups excluding carboxylic acids is 1. The summed E-state index contributed by atoms with van der Waals surface area (Å²) in [5.41, 5.74) is 0.0405. The van der Waals surface area contributed by atoms with Crippen LogP contribution in [-0.4, -0.2) is 22.3 Å². The first-order valence-corrected chi connectivity index (χ1v) is 6.70. The van der Waals surface area contributed by atoms with Crippen LogP contribution in [0.5, 0.6) is 0 Å². The van der Waals surface area contributed by atoms with Gasteiger partial charge in [-0.3, -0.25) is 9.42 Å². The van der Waals surface area contributed by atoms with Gasteiger partial charge < -0.3 is 4.52 Å². The maximum absolute atomic E-state index is 11.2. The Morgan fingerprint density at radius 3 is 2.60 bits per heavy atom. The molecule has 2 unspecified atom stereocenters. The van der Waals surface area contributed by atoms with Crippen LogP contribution in [0.3, 0.4) is 0 Å². The van der Waals surface area contributed by atoms with E-state index in [1.165, 1.54) is 6.92 Å². The molecule has 0 aromatic carbocycles. The van der Waals surface area contributed by atoms with E-state index in [0.29, 0.717) is 0 Å².